The van der Waals surface area contributed by atoms with Gasteiger partial charge in [-0.25, -0.2) is 0 Å². The van der Waals surface area contributed by atoms with Crippen LogP contribution in [0.1, 0.15) is 63.2 Å². The highest BCUT2D eigenvalue weighted by atomic mass is 16.5. The third-order valence-electron chi connectivity index (χ3n) is 6.16. The Morgan fingerprint density at radius 2 is 1.74 bits per heavy atom. The van der Waals surface area contributed by atoms with E-state index in [1.54, 1.807) is 18.2 Å². The molecule has 172 valence electrons. The Labute approximate surface area is 186 Å². The van der Waals surface area contributed by atoms with Gasteiger partial charge in [-0.15, -0.1) is 0 Å². The lowest BCUT2D eigenvalue weighted by Gasteiger charge is -2.34. The molecule has 31 heavy (non-hydrogen) atoms. The number of carbonyl (C=O) groups excluding carboxylic acids is 2. The van der Waals surface area contributed by atoms with Gasteiger partial charge in [-0.2, -0.15) is 0 Å². The van der Waals surface area contributed by atoms with Gasteiger partial charge in [0.2, 0.25) is 0 Å². The van der Waals surface area contributed by atoms with Crippen molar-refractivity contribution in [2.45, 2.75) is 65.0 Å². The van der Waals surface area contributed by atoms with Gasteiger partial charge in [0.15, 0.2) is 18.1 Å². The van der Waals surface area contributed by atoms with Gasteiger partial charge in [-0.1, -0.05) is 0 Å². The zero-order chi connectivity index (χ0) is 22.2. The van der Waals surface area contributed by atoms with Gasteiger partial charge < -0.3 is 24.6 Å². The zero-order valence-electron chi connectivity index (χ0n) is 19.2. The third-order valence-corrected chi connectivity index (χ3v) is 6.16. The fraction of sp³-hybridized carbons (Fsp3) is 0.667. The second-order valence-electron chi connectivity index (χ2n) is 8.70. The molecule has 0 aliphatic carbocycles. The minimum atomic E-state index is -0.0973. The maximum atomic E-state index is 12.8. The Morgan fingerprint density at radius 3 is 2.39 bits per heavy atom. The van der Waals surface area contributed by atoms with Gasteiger partial charge in [0.1, 0.15) is 0 Å². The first-order valence-corrected chi connectivity index (χ1v) is 11.7. The predicted molar refractivity (Wildman–Crippen MR) is 121 cm³/mol. The number of hydrogen-bond acceptors (Lipinski definition) is 5. The lowest BCUT2D eigenvalue weighted by Crippen LogP contribution is -2.46. The van der Waals surface area contributed by atoms with Crippen molar-refractivity contribution in [3.63, 3.8) is 0 Å². The number of benzene rings is 1. The maximum Gasteiger partial charge on any atom is 0.260 e. The first-order valence-electron chi connectivity index (χ1n) is 11.7. The number of rotatable bonds is 8. The van der Waals surface area contributed by atoms with E-state index >= 15 is 0 Å². The van der Waals surface area contributed by atoms with Crippen LogP contribution in [0.3, 0.4) is 0 Å². The second-order valence-corrected chi connectivity index (χ2v) is 8.70. The van der Waals surface area contributed by atoms with Crippen molar-refractivity contribution in [2.24, 2.45) is 0 Å². The van der Waals surface area contributed by atoms with E-state index in [1.165, 1.54) is 6.42 Å². The molecular weight excluding hydrogens is 394 g/mol. The summed E-state index contributed by atoms with van der Waals surface area (Å²) >= 11 is 0. The molecule has 2 heterocycles. The van der Waals surface area contributed by atoms with Crippen LogP contribution in [0.5, 0.6) is 11.5 Å². The van der Waals surface area contributed by atoms with Gasteiger partial charge >= 0.3 is 0 Å². The molecule has 1 aromatic carbocycles. The Morgan fingerprint density at radius 1 is 1.03 bits per heavy atom. The van der Waals surface area contributed by atoms with Crippen LogP contribution in [0.4, 0.5) is 0 Å². The van der Waals surface area contributed by atoms with Crippen LogP contribution in [-0.4, -0.2) is 73.1 Å². The fourth-order valence-corrected chi connectivity index (χ4v) is 4.24. The summed E-state index contributed by atoms with van der Waals surface area (Å²) in [7, 11) is 0. The molecule has 2 aliphatic heterocycles. The monoisotopic (exact) mass is 431 g/mol. The smallest absolute Gasteiger partial charge is 0.260 e. The number of hydrogen-bond donors (Lipinski definition) is 1. The SMILES string of the molecule is CCOc1cc(C(=O)NC2CCN(C(C)C)CC2)ccc1OCC(=O)N1CCCCC1. The van der Waals surface area contributed by atoms with E-state index in [0.717, 1.165) is 51.9 Å². The van der Waals surface area contributed by atoms with Crippen LogP contribution in [0, 0.1) is 0 Å². The third kappa shape index (κ3) is 6.60. The number of nitrogens with zero attached hydrogens (tertiary/aromatic N) is 2. The fourth-order valence-electron chi connectivity index (χ4n) is 4.24. The van der Waals surface area contributed by atoms with E-state index in [1.807, 2.05) is 11.8 Å². The van der Waals surface area contributed by atoms with Crippen molar-refractivity contribution in [2.75, 3.05) is 39.4 Å². The van der Waals surface area contributed by atoms with E-state index in [9.17, 15) is 9.59 Å². The summed E-state index contributed by atoms with van der Waals surface area (Å²) in [5, 5.41) is 3.15. The molecule has 2 amide bonds. The molecule has 0 aromatic heterocycles. The number of ether oxygens (including phenoxy) is 2. The summed E-state index contributed by atoms with van der Waals surface area (Å²) in [4.78, 5) is 29.5. The number of carbonyl (C=O) groups is 2. The van der Waals surface area contributed by atoms with E-state index in [2.05, 4.69) is 24.1 Å². The van der Waals surface area contributed by atoms with E-state index in [0.29, 0.717) is 29.7 Å². The summed E-state index contributed by atoms with van der Waals surface area (Å²) in [6.07, 6.45) is 5.20. The topological polar surface area (TPSA) is 71.1 Å². The first-order chi connectivity index (χ1) is 15.0. The molecule has 2 fully saturated rings. The molecule has 2 aliphatic rings. The normalized spacial score (nSPS) is 18.1. The van der Waals surface area contributed by atoms with Crippen LogP contribution in [0.15, 0.2) is 18.2 Å². The molecule has 3 rings (SSSR count). The minimum Gasteiger partial charge on any atom is -0.490 e. The largest absolute Gasteiger partial charge is 0.490 e. The van der Waals surface area contributed by atoms with Crippen molar-refractivity contribution in [1.29, 1.82) is 0 Å². The average Bonchev–Trinajstić information content (AvgIpc) is 2.79. The highest BCUT2D eigenvalue weighted by molar-refractivity contribution is 5.95. The summed E-state index contributed by atoms with van der Waals surface area (Å²) in [5.74, 6) is 0.891. The van der Waals surface area contributed by atoms with Crippen LogP contribution < -0.4 is 14.8 Å². The quantitative estimate of drug-likeness (QED) is 0.685. The maximum absolute atomic E-state index is 12.8. The zero-order valence-corrected chi connectivity index (χ0v) is 19.2. The van der Waals surface area contributed by atoms with Crippen molar-refractivity contribution < 1.29 is 19.1 Å². The lowest BCUT2D eigenvalue weighted by molar-refractivity contribution is -0.134. The average molecular weight is 432 g/mol. The second kappa shape index (κ2) is 11.4. The highest BCUT2D eigenvalue weighted by Crippen LogP contribution is 2.29. The van der Waals surface area contributed by atoms with E-state index in [-0.39, 0.29) is 24.5 Å². The Hall–Kier alpha value is -2.28. The van der Waals surface area contributed by atoms with Gasteiger partial charge in [-0.05, 0) is 71.1 Å². The summed E-state index contributed by atoms with van der Waals surface area (Å²) < 4.78 is 11.5. The molecule has 1 aromatic rings. The molecule has 1 N–H and O–H groups in total. The molecule has 0 saturated carbocycles. The van der Waals surface area contributed by atoms with Crippen LogP contribution in [0.2, 0.25) is 0 Å². The van der Waals surface area contributed by atoms with E-state index < -0.39 is 0 Å². The van der Waals surface area contributed by atoms with Gasteiger partial charge in [0.25, 0.3) is 11.8 Å². The number of amides is 2. The standard InChI is InChI=1S/C24H37N3O4/c1-4-30-22-16-19(24(29)25-20-10-14-26(15-11-20)18(2)3)8-9-21(22)31-17-23(28)27-12-6-5-7-13-27/h8-9,16,18,20H,4-7,10-15,17H2,1-3H3,(H,25,29). The molecular formula is C24H37N3O4. The molecule has 7 nitrogen and oxygen atoms in total. The molecule has 0 unspecified atom stereocenters. The Bertz CT molecular complexity index is 738. The molecule has 0 spiro atoms. The van der Waals surface area contributed by atoms with Crippen molar-refractivity contribution in [3.05, 3.63) is 23.8 Å². The molecule has 0 radical (unpaired) electrons. The summed E-state index contributed by atoms with van der Waals surface area (Å²) in [6.45, 7) is 10.4. The van der Waals surface area contributed by atoms with Crippen molar-refractivity contribution >= 4 is 11.8 Å². The Kier molecular flexibility index (Phi) is 8.58. The van der Waals surface area contributed by atoms with Gasteiger partial charge in [0.05, 0.1) is 6.61 Å². The molecule has 7 heteroatoms. The summed E-state index contributed by atoms with van der Waals surface area (Å²) in [5.41, 5.74) is 0.546. The highest BCUT2D eigenvalue weighted by Gasteiger charge is 2.23. The molecule has 2 saturated heterocycles. The predicted octanol–water partition coefficient (Wildman–Crippen LogP) is 3.08. The van der Waals surface area contributed by atoms with Gasteiger partial charge in [0, 0.05) is 43.8 Å². The molecule has 0 bridgehead atoms. The van der Waals surface area contributed by atoms with Gasteiger partial charge in [-0.3, -0.25) is 9.59 Å². The van der Waals surface area contributed by atoms with Crippen LogP contribution in [-0.2, 0) is 4.79 Å². The lowest BCUT2D eigenvalue weighted by atomic mass is 10.0. The number of piperidine rings is 2. The number of likely N-dealkylation sites (tertiary alicyclic amines) is 2. The molecule has 0 atom stereocenters. The van der Waals surface area contributed by atoms with Crippen LogP contribution >= 0.6 is 0 Å². The minimum absolute atomic E-state index is 0.00305. The van der Waals surface area contributed by atoms with Crippen molar-refractivity contribution in [1.82, 2.24) is 15.1 Å². The van der Waals surface area contributed by atoms with Crippen LogP contribution in [0.25, 0.3) is 0 Å². The Balaban J connectivity index is 1.57. The van der Waals surface area contributed by atoms with E-state index in [4.69, 9.17) is 9.47 Å². The van der Waals surface area contributed by atoms with Crippen molar-refractivity contribution in [3.8, 4) is 11.5 Å². The first kappa shape index (κ1) is 23.4. The number of nitrogens with one attached hydrogen (secondary N) is 1. The summed E-state index contributed by atoms with van der Waals surface area (Å²) in [6, 6.07) is 5.91.